The van der Waals surface area contributed by atoms with Crippen LogP contribution in [0.15, 0.2) is 24.3 Å². The Hall–Kier alpha value is -4.16. The summed E-state index contributed by atoms with van der Waals surface area (Å²) in [5.41, 5.74) is 8.76. The van der Waals surface area contributed by atoms with Crippen molar-refractivity contribution < 1.29 is 33.9 Å². The number of aldehydes is 1. The van der Waals surface area contributed by atoms with E-state index >= 15 is 0 Å². The maximum Gasteiger partial charge on any atom is 0.358 e. The Bertz CT molecular complexity index is 966. The molecule has 0 aromatic heterocycles. The number of nitrogens with zero attached hydrogens (tertiary/aromatic N) is 3. The number of carboxylic acids is 1. The van der Waals surface area contributed by atoms with Crippen molar-refractivity contribution in [3.05, 3.63) is 29.8 Å². The molecule has 13 heteroatoms. The van der Waals surface area contributed by atoms with Gasteiger partial charge in [0, 0.05) is 24.2 Å². The summed E-state index contributed by atoms with van der Waals surface area (Å²) in [4.78, 5) is 73.4. The number of benzene rings is 1. The van der Waals surface area contributed by atoms with Crippen molar-refractivity contribution in [1.82, 2.24) is 25.8 Å². The summed E-state index contributed by atoms with van der Waals surface area (Å²) in [6.45, 7) is 0.0794. The lowest BCUT2D eigenvalue weighted by molar-refractivity contribution is -0.155. The molecule has 13 nitrogen and oxygen atoms in total. The summed E-state index contributed by atoms with van der Waals surface area (Å²) in [5, 5.41) is 14.3. The zero-order valence-electron chi connectivity index (χ0n) is 17.6. The largest absolute Gasteiger partial charge is 0.481 e. The van der Waals surface area contributed by atoms with Gasteiger partial charge in [0.05, 0.1) is 19.0 Å². The van der Waals surface area contributed by atoms with E-state index in [-0.39, 0.29) is 31.5 Å². The number of rotatable bonds is 7. The number of nitrogen functional groups attached to an aromatic ring is 1. The highest BCUT2D eigenvalue weighted by Gasteiger charge is 2.44. The molecular formula is C20H24N6O7. The van der Waals surface area contributed by atoms with Crippen molar-refractivity contribution >= 4 is 41.7 Å². The summed E-state index contributed by atoms with van der Waals surface area (Å²) < 4.78 is 0. The Labute approximate surface area is 188 Å². The van der Waals surface area contributed by atoms with E-state index in [0.717, 1.165) is 15.0 Å². The molecule has 2 heterocycles. The summed E-state index contributed by atoms with van der Waals surface area (Å²) in [5.74, 6) is -3.08. The number of hydrogen-bond acceptors (Lipinski definition) is 7. The van der Waals surface area contributed by atoms with Crippen LogP contribution in [-0.2, 0) is 19.2 Å². The fourth-order valence-corrected chi connectivity index (χ4v) is 3.64. The lowest BCUT2D eigenvalue weighted by atomic mass is 10.1. The minimum atomic E-state index is -1.29. The van der Waals surface area contributed by atoms with E-state index in [1.807, 2.05) is 0 Å². The van der Waals surface area contributed by atoms with Gasteiger partial charge in [-0.15, -0.1) is 0 Å². The van der Waals surface area contributed by atoms with Crippen LogP contribution >= 0.6 is 0 Å². The molecule has 2 aliphatic heterocycles. The van der Waals surface area contributed by atoms with Gasteiger partial charge in [0.15, 0.2) is 0 Å². The predicted molar refractivity (Wildman–Crippen MR) is 112 cm³/mol. The first kappa shape index (κ1) is 23.5. The highest BCUT2D eigenvalue weighted by molar-refractivity contribution is 5.97. The number of carbonyl (C=O) groups is 6. The van der Waals surface area contributed by atoms with Crippen LogP contribution in [0.4, 0.5) is 10.5 Å². The van der Waals surface area contributed by atoms with E-state index in [1.165, 1.54) is 24.3 Å². The second-order valence-corrected chi connectivity index (χ2v) is 7.62. The second kappa shape index (κ2) is 9.97. The maximum atomic E-state index is 13.3. The van der Waals surface area contributed by atoms with E-state index in [1.54, 1.807) is 0 Å². The number of hydrogen-bond donors (Lipinski definition) is 4. The summed E-state index contributed by atoms with van der Waals surface area (Å²) >= 11 is 0. The Morgan fingerprint density at radius 1 is 1.18 bits per heavy atom. The van der Waals surface area contributed by atoms with E-state index in [9.17, 15) is 28.8 Å². The fourth-order valence-electron chi connectivity index (χ4n) is 3.64. The molecule has 176 valence electrons. The normalized spacial score (nSPS) is 19.3. The fraction of sp³-hybridized carbons (Fsp3) is 0.400. The van der Waals surface area contributed by atoms with Crippen molar-refractivity contribution in [2.45, 2.75) is 37.8 Å². The first-order valence-corrected chi connectivity index (χ1v) is 10.3. The minimum absolute atomic E-state index is 0.0887. The topological polar surface area (TPSA) is 182 Å². The minimum Gasteiger partial charge on any atom is -0.481 e. The smallest absolute Gasteiger partial charge is 0.358 e. The number of fused-ring (bicyclic) bond motifs is 1. The standard InChI is InChI=1S/C20H24N6O7/c21-13-5-3-12(4-6-13)18(31)23-24-9-7-16(28)25-8-1-2-15(26(25)20(24)33)19(32)22-14(11-27)10-17(29)30/h3-6,11,14-15H,1-2,7-10,21H2,(H,22,32)(H,23,31)(H,29,30)/t14-,15-/m0/s1. The van der Waals surface area contributed by atoms with Gasteiger partial charge in [0.1, 0.15) is 12.3 Å². The van der Waals surface area contributed by atoms with Gasteiger partial charge < -0.3 is 21.0 Å². The molecule has 0 radical (unpaired) electrons. The molecule has 1 aromatic rings. The van der Waals surface area contributed by atoms with Crippen molar-refractivity contribution in [3.8, 4) is 0 Å². The number of urea groups is 1. The van der Waals surface area contributed by atoms with Crippen molar-refractivity contribution in [2.75, 3.05) is 18.8 Å². The molecule has 2 atom stereocenters. The van der Waals surface area contributed by atoms with Crippen molar-refractivity contribution in [2.24, 2.45) is 0 Å². The van der Waals surface area contributed by atoms with Crippen LogP contribution < -0.4 is 16.5 Å². The molecule has 33 heavy (non-hydrogen) atoms. The van der Waals surface area contributed by atoms with Gasteiger partial charge in [0.2, 0.25) is 11.8 Å². The number of amides is 5. The summed E-state index contributed by atoms with van der Waals surface area (Å²) in [7, 11) is 0. The Morgan fingerprint density at radius 3 is 2.52 bits per heavy atom. The van der Waals surface area contributed by atoms with Gasteiger partial charge >= 0.3 is 12.0 Å². The van der Waals surface area contributed by atoms with Crippen LogP contribution in [0.1, 0.15) is 36.0 Å². The van der Waals surface area contributed by atoms with E-state index < -0.39 is 48.2 Å². The molecule has 0 aliphatic carbocycles. The van der Waals surface area contributed by atoms with Gasteiger partial charge in [-0.3, -0.25) is 24.6 Å². The van der Waals surface area contributed by atoms with Crippen LogP contribution in [0.2, 0.25) is 0 Å². The number of hydrazine groups is 2. The number of nitrogens with one attached hydrogen (secondary N) is 2. The third-order valence-corrected chi connectivity index (χ3v) is 5.27. The van der Waals surface area contributed by atoms with Crippen LogP contribution in [0.5, 0.6) is 0 Å². The zero-order chi connectivity index (χ0) is 24.1. The first-order chi connectivity index (χ1) is 15.7. The lowest BCUT2D eigenvalue weighted by Gasteiger charge is -2.42. The highest BCUT2D eigenvalue weighted by Crippen LogP contribution is 2.24. The number of carbonyl (C=O) groups excluding carboxylic acids is 5. The Kier molecular flexibility index (Phi) is 7.10. The van der Waals surface area contributed by atoms with Gasteiger partial charge in [-0.2, -0.15) is 0 Å². The van der Waals surface area contributed by atoms with Crippen molar-refractivity contribution in [3.63, 3.8) is 0 Å². The Morgan fingerprint density at radius 2 is 1.88 bits per heavy atom. The maximum absolute atomic E-state index is 13.3. The number of nitrogens with two attached hydrogens (primary N) is 1. The van der Waals surface area contributed by atoms with Crippen LogP contribution in [0.25, 0.3) is 0 Å². The van der Waals surface area contributed by atoms with Gasteiger partial charge in [-0.25, -0.2) is 19.8 Å². The molecule has 2 saturated heterocycles. The monoisotopic (exact) mass is 460 g/mol. The molecule has 5 N–H and O–H groups in total. The number of carboxylic acid groups (broad SMARTS) is 1. The van der Waals surface area contributed by atoms with Gasteiger partial charge in [0.25, 0.3) is 5.91 Å². The molecule has 0 saturated carbocycles. The summed E-state index contributed by atoms with van der Waals surface area (Å²) in [6.07, 6.45) is 0.174. The van der Waals surface area contributed by atoms with E-state index in [0.29, 0.717) is 18.4 Å². The number of anilines is 1. The molecule has 2 aliphatic rings. The van der Waals surface area contributed by atoms with Crippen LogP contribution in [0.3, 0.4) is 0 Å². The third-order valence-electron chi connectivity index (χ3n) is 5.27. The molecule has 2 fully saturated rings. The molecule has 0 bridgehead atoms. The molecule has 1 aromatic carbocycles. The van der Waals surface area contributed by atoms with E-state index in [4.69, 9.17) is 10.8 Å². The zero-order valence-corrected chi connectivity index (χ0v) is 17.6. The third kappa shape index (κ3) is 5.37. The quantitative estimate of drug-likeness (QED) is 0.298. The Balaban J connectivity index is 1.80. The van der Waals surface area contributed by atoms with Crippen LogP contribution in [-0.4, -0.2) is 81.3 Å². The molecular weight excluding hydrogens is 436 g/mol. The average molecular weight is 460 g/mol. The highest BCUT2D eigenvalue weighted by atomic mass is 16.4. The SMILES string of the molecule is Nc1ccc(C(=O)NN2CCC(=O)N3CCC[C@@H](C(=O)N[C@H](C=O)CC(=O)O)N3C2=O)cc1. The van der Waals surface area contributed by atoms with Crippen LogP contribution in [0, 0.1) is 0 Å². The predicted octanol–water partition coefficient (Wildman–Crippen LogP) is -0.894. The molecule has 0 spiro atoms. The van der Waals surface area contributed by atoms with E-state index in [2.05, 4.69) is 10.7 Å². The van der Waals surface area contributed by atoms with Gasteiger partial charge in [-0.05, 0) is 37.1 Å². The molecule has 0 unspecified atom stereocenters. The molecule has 3 rings (SSSR count). The first-order valence-electron chi connectivity index (χ1n) is 10.3. The van der Waals surface area contributed by atoms with Crippen molar-refractivity contribution in [1.29, 1.82) is 0 Å². The van der Waals surface area contributed by atoms with Gasteiger partial charge in [-0.1, -0.05) is 0 Å². The summed E-state index contributed by atoms with van der Waals surface area (Å²) in [6, 6.07) is 2.74. The average Bonchev–Trinajstić information content (AvgIpc) is 2.90. The lowest BCUT2D eigenvalue weighted by Crippen LogP contribution is -2.64. The number of aliphatic carboxylic acids is 1. The molecule has 5 amide bonds. The second-order valence-electron chi connectivity index (χ2n) is 7.62.